The Morgan fingerprint density at radius 2 is 2.12 bits per heavy atom. The largest absolute Gasteiger partial charge is 0.389 e. The van der Waals surface area contributed by atoms with Crippen molar-refractivity contribution >= 4 is 0 Å². The van der Waals surface area contributed by atoms with E-state index in [1.165, 1.54) is 6.42 Å². The maximum absolute atomic E-state index is 12.0. The minimum absolute atomic E-state index is 0.175. The van der Waals surface area contributed by atoms with Gasteiger partial charge in [0.15, 0.2) is 0 Å². The van der Waals surface area contributed by atoms with Gasteiger partial charge in [0.25, 0.3) is 0 Å². The Morgan fingerprint density at radius 3 is 2.71 bits per heavy atom. The van der Waals surface area contributed by atoms with Gasteiger partial charge in [-0.2, -0.15) is 13.2 Å². The summed E-state index contributed by atoms with van der Waals surface area (Å²) in [4.78, 5) is 2.27. The molecule has 0 aliphatic carbocycles. The molecule has 1 saturated heterocycles. The smallest absolute Gasteiger partial charge is 0.310 e. The van der Waals surface area contributed by atoms with Crippen molar-refractivity contribution in [3.05, 3.63) is 0 Å². The fourth-order valence-corrected chi connectivity index (χ4v) is 2.40. The summed E-state index contributed by atoms with van der Waals surface area (Å²) >= 11 is 0. The highest BCUT2D eigenvalue weighted by Crippen LogP contribution is 2.22. The Kier molecular flexibility index (Phi) is 5.73. The predicted octanol–water partition coefficient (Wildman–Crippen LogP) is 2.79. The summed E-state index contributed by atoms with van der Waals surface area (Å²) in [5, 5.41) is 3.43. The predicted molar refractivity (Wildman–Crippen MR) is 63.0 cm³/mol. The molecular formula is C12H23F3N2. The van der Waals surface area contributed by atoms with Crippen molar-refractivity contribution in [2.45, 2.75) is 57.3 Å². The fraction of sp³-hybridized carbons (Fsp3) is 1.00. The van der Waals surface area contributed by atoms with E-state index in [9.17, 15) is 13.2 Å². The second kappa shape index (κ2) is 6.59. The normalized spacial score (nSPS) is 24.9. The van der Waals surface area contributed by atoms with Crippen molar-refractivity contribution in [2.24, 2.45) is 0 Å². The topological polar surface area (TPSA) is 15.3 Å². The first-order valence-electron chi connectivity index (χ1n) is 6.38. The van der Waals surface area contributed by atoms with Crippen LogP contribution in [-0.4, -0.2) is 43.3 Å². The van der Waals surface area contributed by atoms with E-state index in [4.69, 9.17) is 0 Å². The molecule has 1 fully saturated rings. The van der Waals surface area contributed by atoms with Crippen LogP contribution in [0.3, 0.4) is 0 Å². The second-order valence-corrected chi connectivity index (χ2v) is 5.18. The van der Waals surface area contributed by atoms with Crippen molar-refractivity contribution < 1.29 is 13.2 Å². The lowest BCUT2D eigenvalue weighted by atomic mass is 10.0. The molecule has 2 unspecified atom stereocenters. The number of hydrogen-bond donors (Lipinski definition) is 1. The molecule has 17 heavy (non-hydrogen) atoms. The van der Waals surface area contributed by atoms with Gasteiger partial charge in [0.05, 0.1) is 0 Å². The first kappa shape index (κ1) is 14.8. The summed E-state index contributed by atoms with van der Waals surface area (Å²) in [6, 6.07) is 0.614. The average Bonchev–Trinajstić information content (AvgIpc) is 2.15. The number of likely N-dealkylation sites (tertiary alicyclic amines) is 1. The molecule has 0 bridgehead atoms. The number of nitrogens with one attached hydrogen (secondary N) is 1. The molecule has 0 saturated carbocycles. The number of halogens is 3. The van der Waals surface area contributed by atoms with Crippen LogP contribution < -0.4 is 5.32 Å². The zero-order valence-corrected chi connectivity index (χ0v) is 10.7. The first-order valence-corrected chi connectivity index (χ1v) is 6.38. The third-order valence-electron chi connectivity index (χ3n) is 3.24. The Labute approximate surface area is 102 Å². The number of likely N-dealkylation sites (N-methyl/N-ethyl adjacent to an activating group) is 1. The minimum atomic E-state index is -4.01. The van der Waals surface area contributed by atoms with Crippen LogP contribution in [0.2, 0.25) is 0 Å². The van der Waals surface area contributed by atoms with E-state index in [-0.39, 0.29) is 12.5 Å². The molecule has 1 aliphatic rings. The molecule has 0 aromatic rings. The zero-order valence-electron chi connectivity index (χ0n) is 10.7. The molecule has 0 aromatic heterocycles. The van der Waals surface area contributed by atoms with Crippen LogP contribution in [0.4, 0.5) is 13.2 Å². The summed E-state index contributed by atoms with van der Waals surface area (Å²) in [6.07, 6.45) is -1.55. The minimum Gasteiger partial charge on any atom is -0.310 e. The third kappa shape index (κ3) is 6.88. The highest BCUT2D eigenvalue weighted by atomic mass is 19.4. The van der Waals surface area contributed by atoms with Crippen LogP contribution in [-0.2, 0) is 0 Å². The molecule has 0 amide bonds. The van der Waals surface area contributed by atoms with E-state index in [1.807, 2.05) is 6.92 Å². The van der Waals surface area contributed by atoms with Crippen LogP contribution in [0.25, 0.3) is 0 Å². The molecule has 2 nitrogen and oxygen atoms in total. The Hall–Kier alpha value is -0.290. The molecule has 5 heteroatoms. The standard InChI is InChI=1S/C12H23F3N2/c1-10(5-3-7-12(13,14)15)16-11-6-4-8-17(2)9-11/h10-11,16H,3-9H2,1-2H3. The van der Waals surface area contributed by atoms with Gasteiger partial charge >= 0.3 is 6.18 Å². The Bertz CT molecular complexity index is 218. The van der Waals surface area contributed by atoms with Gasteiger partial charge in [0.2, 0.25) is 0 Å². The van der Waals surface area contributed by atoms with E-state index in [1.54, 1.807) is 0 Å². The fourth-order valence-electron chi connectivity index (χ4n) is 2.40. The summed E-state index contributed by atoms with van der Waals surface area (Å²) < 4.78 is 36.0. The molecule has 0 radical (unpaired) electrons. The van der Waals surface area contributed by atoms with Gasteiger partial charge in [-0.1, -0.05) is 0 Å². The van der Waals surface area contributed by atoms with E-state index in [2.05, 4.69) is 17.3 Å². The van der Waals surface area contributed by atoms with E-state index in [0.29, 0.717) is 12.5 Å². The van der Waals surface area contributed by atoms with Crippen molar-refractivity contribution in [1.29, 1.82) is 0 Å². The molecule has 1 heterocycles. The monoisotopic (exact) mass is 252 g/mol. The maximum atomic E-state index is 12.0. The lowest BCUT2D eigenvalue weighted by Gasteiger charge is -2.32. The SMILES string of the molecule is CC(CCCC(F)(F)F)NC1CCCN(C)C1. The van der Waals surface area contributed by atoms with Crippen LogP contribution in [0, 0.1) is 0 Å². The average molecular weight is 252 g/mol. The van der Waals surface area contributed by atoms with E-state index in [0.717, 1.165) is 19.5 Å². The highest BCUT2D eigenvalue weighted by molar-refractivity contribution is 4.78. The third-order valence-corrected chi connectivity index (χ3v) is 3.24. The van der Waals surface area contributed by atoms with Gasteiger partial charge in [0, 0.05) is 25.0 Å². The van der Waals surface area contributed by atoms with E-state index >= 15 is 0 Å². The summed E-state index contributed by atoms with van der Waals surface area (Å²) in [7, 11) is 2.09. The number of piperidine rings is 1. The highest BCUT2D eigenvalue weighted by Gasteiger charge is 2.26. The van der Waals surface area contributed by atoms with Crippen molar-refractivity contribution in [1.82, 2.24) is 10.2 Å². The second-order valence-electron chi connectivity index (χ2n) is 5.18. The number of nitrogens with zero attached hydrogens (tertiary/aromatic N) is 1. The summed E-state index contributed by atoms with van der Waals surface area (Å²) in [5.74, 6) is 0. The molecule has 1 aliphatic heterocycles. The quantitative estimate of drug-likeness (QED) is 0.809. The molecular weight excluding hydrogens is 229 g/mol. The maximum Gasteiger partial charge on any atom is 0.389 e. The van der Waals surface area contributed by atoms with Crippen LogP contribution in [0.5, 0.6) is 0 Å². The molecule has 1 rings (SSSR count). The lowest BCUT2D eigenvalue weighted by Crippen LogP contribution is -2.47. The number of hydrogen-bond acceptors (Lipinski definition) is 2. The number of alkyl halides is 3. The van der Waals surface area contributed by atoms with Crippen molar-refractivity contribution in [3.8, 4) is 0 Å². The van der Waals surface area contributed by atoms with Crippen LogP contribution in [0.1, 0.15) is 39.0 Å². The van der Waals surface area contributed by atoms with Crippen LogP contribution in [0.15, 0.2) is 0 Å². The van der Waals surface area contributed by atoms with Crippen LogP contribution >= 0.6 is 0 Å². The summed E-state index contributed by atoms with van der Waals surface area (Å²) in [6.45, 7) is 4.11. The Balaban J connectivity index is 2.13. The number of rotatable bonds is 5. The van der Waals surface area contributed by atoms with Gasteiger partial charge < -0.3 is 10.2 Å². The van der Waals surface area contributed by atoms with Gasteiger partial charge in [-0.25, -0.2) is 0 Å². The van der Waals surface area contributed by atoms with Gasteiger partial charge in [0.1, 0.15) is 0 Å². The Morgan fingerprint density at radius 1 is 1.41 bits per heavy atom. The molecule has 102 valence electrons. The van der Waals surface area contributed by atoms with Gasteiger partial charge in [-0.15, -0.1) is 0 Å². The van der Waals surface area contributed by atoms with Crippen molar-refractivity contribution in [2.75, 3.05) is 20.1 Å². The molecule has 2 atom stereocenters. The van der Waals surface area contributed by atoms with E-state index < -0.39 is 12.6 Å². The molecule has 1 N–H and O–H groups in total. The molecule has 0 aromatic carbocycles. The van der Waals surface area contributed by atoms with Gasteiger partial charge in [-0.3, -0.25) is 0 Å². The van der Waals surface area contributed by atoms with Gasteiger partial charge in [-0.05, 0) is 46.2 Å². The zero-order chi connectivity index (χ0) is 12.9. The lowest BCUT2D eigenvalue weighted by molar-refractivity contribution is -0.135. The molecule has 0 spiro atoms. The van der Waals surface area contributed by atoms with Crippen molar-refractivity contribution in [3.63, 3.8) is 0 Å². The first-order chi connectivity index (χ1) is 7.87. The summed E-state index contributed by atoms with van der Waals surface area (Å²) in [5.41, 5.74) is 0.